The van der Waals surface area contributed by atoms with Gasteiger partial charge in [-0.05, 0) is 31.0 Å². The van der Waals surface area contributed by atoms with Crippen molar-refractivity contribution >= 4 is 23.2 Å². The minimum absolute atomic E-state index is 0.176. The molecule has 1 saturated heterocycles. The highest BCUT2D eigenvalue weighted by Crippen LogP contribution is 2.26. The zero-order chi connectivity index (χ0) is 13.1. The van der Waals surface area contributed by atoms with Gasteiger partial charge in [-0.1, -0.05) is 17.7 Å². The number of halogens is 1. The number of amides is 1. The van der Waals surface area contributed by atoms with Crippen molar-refractivity contribution in [3.63, 3.8) is 0 Å². The summed E-state index contributed by atoms with van der Waals surface area (Å²) in [6, 6.07) is 7.90. The van der Waals surface area contributed by atoms with Gasteiger partial charge in [0.2, 0.25) is 5.91 Å². The summed E-state index contributed by atoms with van der Waals surface area (Å²) < 4.78 is 0. The molecule has 0 aromatic heterocycles. The third-order valence-corrected chi connectivity index (χ3v) is 3.69. The monoisotopic (exact) mass is 266 g/mol. The molecule has 18 heavy (non-hydrogen) atoms. The molecule has 0 bridgehead atoms. The summed E-state index contributed by atoms with van der Waals surface area (Å²) in [6.45, 7) is 1.84. The van der Waals surface area contributed by atoms with Crippen molar-refractivity contribution in [2.24, 2.45) is 5.92 Å². The molecule has 2 rings (SSSR count). The number of hydrogen-bond donors (Lipinski definition) is 0. The van der Waals surface area contributed by atoms with Crippen LogP contribution >= 0.6 is 11.6 Å². The van der Waals surface area contributed by atoms with Gasteiger partial charge in [0.25, 0.3) is 0 Å². The van der Waals surface area contributed by atoms with Crippen molar-refractivity contribution in [1.29, 1.82) is 0 Å². The summed E-state index contributed by atoms with van der Waals surface area (Å²) in [6.07, 6.45) is 1.84. The van der Waals surface area contributed by atoms with E-state index in [2.05, 4.69) is 11.0 Å². The van der Waals surface area contributed by atoms with Crippen LogP contribution in [0.1, 0.15) is 12.8 Å². The summed E-state index contributed by atoms with van der Waals surface area (Å²) in [5.74, 6) is 0.427. The first-order valence-electron chi connectivity index (χ1n) is 6.29. The summed E-state index contributed by atoms with van der Waals surface area (Å²) >= 11 is 6.00. The third kappa shape index (κ3) is 2.96. The van der Waals surface area contributed by atoms with E-state index >= 15 is 0 Å². The highest BCUT2D eigenvalue weighted by Gasteiger charge is 2.26. The largest absolute Gasteiger partial charge is 0.371 e. The number of rotatable bonds is 2. The lowest BCUT2D eigenvalue weighted by molar-refractivity contribution is -0.133. The molecule has 0 spiro atoms. The van der Waals surface area contributed by atoms with E-state index in [1.54, 1.807) is 4.90 Å². The molecular weight excluding hydrogens is 248 g/mol. The lowest BCUT2D eigenvalue weighted by Gasteiger charge is -2.34. The van der Waals surface area contributed by atoms with Gasteiger partial charge in [-0.2, -0.15) is 0 Å². The summed E-state index contributed by atoms with van der Waals surface area (Å²) in [4.78, 5) is 15.9. The van der Waals surface area contributed by atoms with Crippen LogP contribution in [-0.2, 0) is 4.79 Å². The van der Waals surface area contributed by atoms with E-state index in [1.165, 1.54) is 0 Å². The number of piperidine rings is 1. The van der Waals surface area contributed by atoms with Gasteiger partial charge in [-0.3, -0.25) is 4.79 Å². The molecule has 4 heteroatoms. The zero-order valence-corrected chi connectivity index (χ0v) is 11.7. The first-order valence-corrected chi connectivity index (χ1v) is 6.67. The first kappa shape index (κ1) is 13.2. The van der Waals surface area contributed by atoms with Crippen LogP contribution in [0.2, 0.25) is 5.02 Å². The zero-order valence-electron chi connectivity index (χ0n) is 10.9. The number of carbonyl (C=O) groups excluding carboxylic acids is 1. The smallest absolute Gasteiger partial charge is 0.225 e. The minimum atomic E-state index is 0.176. The van der Waals surface area contributed by atoms with E-state index in [4.69, 9.17) is 11.6 Å². The molecule has 1 aliphatic heterocycles. The van der Waals surface area contributed by atoms with Crippen LogP contribution in [0, 0.1) is 5.92 Å². The van der Waals surface area contributed by atoms with Gasteiger partial charge in [-0.25, -0.2) is 0 Å². The van der Waals surface area contributed by atoms with Crippen LogP contribution in [0.25, 0.3) is 0 Å². The fourth-order valence-corrected chi connectivity index (χ4v) is 2.61. The molecule has 0 N–H and O–H groups in total. The fraction of sp³-hybridized carbons (Fsp3) is 0.500. The van der Waals surface area contributed by atoms with Crippen LogP contribution in [0.5, 0.6) is 0 Å². The Hall–Kier alpha value is -1.22. The Bertz CT molecular complexity index is 426. The Balaban J connectivity index is 1.96. The maximum absolute atomic E-state index is 11.9. The highest BCUT2D eigenvalue weighted by molar-refractivity contribution is 6.30. The van der Waals surface area contributed by atoms with Crippen molar-refractivity contribution in [1.82, 2.24) is 4.90 Å². The van der Waals surface area contributed by atoms with Crippen molar-refractivity contribution in [3.05, 3.63) is 29.3 Å². The maximum Gasteiger partial charge on any atom is 0.225 e. The fourth-order valence-electron chi connectivity index (χ4n) is 2.42. The van der Waals surface area contributed by atoms with Gasteiger partial charge in [0.1, 0.15) is 0 Å². The van der Waals surface area contributed by atoms with Gasteiger partial charge in [-0.15, -0.1) is 0 Å². The predicted octanol–water partition coefficient (Wildman–Crippen LogP) is 2.64. The van der Waals surface area contributed by atoms with Crippen molar-refractivity contribution in [3.8, 4) is 0 Å². The number of carbonyl (C=O) groups is 1. The number of anilines is 1. The van der Waals surface area contributed by atoms with E-state index in [0.29, 0.717) is 0 Å². The minimum Gasteiger partial charge on any atom is -0.371 e. The Morgan fingerprint density at radius 3 is 2.56 bits per heavy atom. The molecule has 98 valence electrons. The van der Waals surface area contributed by atoms with Gasteiger partial charge < -0.3 is 9.80 Å². The summed E-state index contributed by atoms with van der Waals surface area (Å²) in [7, 11) is 3.65. The van der Waals surface area contributed by atoms with Gasteiger partial charge in [0.05, 0.1) is 0 Å². The van der Waals surface area contributed by atoms with Gasteiger partial charge in [0, 0.05) is 43.8 Å². The quantitative estimate of drug-likeness (QED) is 0.822. The number of hydrogen-bond acceptors (Lipinski definition) is 2. The van der Waals surface area contributed by atoms with Crippen molar-refractivity contribution < 1.29 is 4.79 Å². The van der Waals surface area contributed by atoms with E-state index in [-0.39, 0.29) is 11.8 Å². The Labute approximate surface area is 113 Å². The number of benzene rings is 1. The second kappa shape index (κ2) is 5.61. The van der Waals surface area contributed by atoms with Crippen molar-refractivity contribution in [2.75, 3.05) is 32.1 Å². The molecule has 0 atom stereocenters. The molecular formula is C14H19ClN2O. The molecule has 1 amide bonds. The van der Waals surface area contributed by atoms with E-state index < -0.39 is 0 Å². The second-order valence-corrected chi connectivity index (χ2v) is 5.41. The lowest BCUT2D eigenvalue weighted by atomic mass is 9.95. The van der Waals surface area contributed by atoms with Gasteiger partial charge >= 0.3 is 0 Å². The molecule has 0 saturated carbocycles. The molecule has 1 fully saturated rings. The normalized spacial score (nSPS) is 16.7. The summed E-state index contributed by atoms with van der Waals surface area (Å²) in [5.41, 5.74) is 1.15. The predicted molar refractivity (Wildman–Crippen MR) is 75.1 cm³/mol. The number of nitrogens with zero attached hydrogens (tertiary/aromatic N) is 2. The highest BCUT2D eigenvalue weighted by atomic mass is 35.5. The van der Waals surface area contributed by atoms with Crippen LogP contribution in [0.3, 0.4) is 0 Å². The molecule has 0 radical (unpaired) electrons. The molecule has 1 heterocycles. The van der Waals surface area contributed by atoms with Crippen LogP contribution in [0.15, 0.2) is 24.3 Å². The standard InChI is InChI=1S/C14H19ClN2O/c1-16(2)14(18)11-6-8-17(9-7-11)13-5-3-4-12(15)10-13/h3-5,10-11H,6-9H2,1-2H3. The van der Waals surface area contributed by atoms with E-state index in [1.807, 2.05) is 32.3 Å². The topological polar surface area (TPSA) is 23.6 Å². The average molecular weight is 267 g/mol. The Kier molecular flexibility index (Phi) is 4.12. The van der Waals surface area contributed by atoms with Crippen molar-refractivity contribution in [2.45, 2.75) is 12.8 Å². The SMILES string of the molecule is CN(C)C(=O)C1CCN(c2cccc(Cl)c2)CC1. The Morgan fingerprint density at radius 1 is 1.33 bits per heavy atom. The van der Waals surface area contributed by atoms with E-state index in [9.17, 15) is 4.79 Å². The molecule has 0 aliphatic carbocycles. The second-order valence-electron chi connectivity index (χ2n) is 4.97. The average Bonchev–Trinajstić information content (AvgIpc) is 2.38. The van der Waals surface area contributed by atoms with Gasteiger partial charge in [0.15, 0.2) is 0 Å². The molecule has 1 aromatic rings. The van der Waals surface area contributed by atoms with Crippen LogP contribution in [-0.4, -0.2) is 38.0 Å². The third-order valence-electron chi connectivity index (χ3n) is 3.46. The van der Waals surface area contributed by atoms with E-state index in [0.717, 1.165) is 36.6 Å². The van der Waals surface area contributed by atoms with Crippen LogP contribution < -0.4 is 4.90 Å². The molecule has 3 nitrogen and oxygen atoms in total. The molecule has 1 aliphatic rings. The molecule has 1 aromatic carbocycles. The van der Waals surface area contributed by atoms with Crippen LogP contribution in [0.4, 0.5) is 5.69 Å². The Morgan fingerprint density at radius 2 is 2.00 bits per heavy atom. The maximum atomic E-state index is 11.9. The lowest BCUT2D eigenvalue weighted by Crippen LogP contribution is -2.40. The summed E-state index contributed by atoms with van der Waals surface area (Å²) in [5, 5.41) is 0.763. The molecule has 0 unspecified atom stereocenters. The first-order chi connectivity index (χ1) is 8.58.